The molecular formula is C22H29ClFNO2. The molecule has 0 saturated heterocycles. The summed E-state index contributed by atoms with van der Waals surface area (Å²) in [7, 11) is 0. The van der Waals surface area contributed by atoms with Crippen LogP contribution in [0.25, 0.3) is 0 Å². The summed E-state index contributed by atoms with van der Waals surface area (Å²) in [5.41, 5.74) is 1.48. The van der Waals surface area contributed by atoms with Gasteiger partial charge >= 0.3 is 0 Å². The van der Waals surface area contributed by atoms with E-state index in [2.05, 4.69) is 12.2 Å². The van der Waals surface area contributed by atoms with Crippen LogP contribution in [0.1, 0.15) is 50.7 Å². The lowest BCUT2D eigenvalue weighted by molar-refractivity contribution is 0.265. The topological polar surface area (TPSA) is 30.5 Å². The predicted molar refractivity (Wildman–Crippen MR) is 109 cm³/mol. The Kier molecular flexibility index (Phi) is 9.43. The Bertz CT molecular complexity index is 688. The van der Waals surface area contributed by atoms with Crippen LogP contribution in [0.15, 0.2) is 36.4 Å². The molecule has 0 aliphatic heterocycles. The second kappa shape index (κ2) is 11.8. The maximum atomic E-state index is 13.9. The Hall–Kier alpha value is -1.78. The van der Waals surface area contributed by atoms with Gasteiger partial charge in [0.15, 0.2) is 11.5 Å². The van der Waals surface area contributed by atoms with Gasteiger partial charge < -0.3 is 14.8 Å². The van der Waals surface area contributed by atoms with Crippen LogP contribution in [0.3, 0.4) is 0 Å². The van der Waals surface area contributed by atoms with E-state index in [1.54, 1.807) is 12.1 Å². The Morgan fingerprint density at radius 1 is 1.00 bits per heavy atom. The largest absolute Gasteiger partial charge is 0.490 e. The van der Waals surface area contributed by atoms with Crippen LogP contribution in [-0.4, -0.2) is 13.2 Å². The fourth-order valence-corrected chi connectivity index (χ4v) is 3.00. The van der Waals surface area contributed by atoms with E-state index in [-0.39, 0.29) is 12.4 Å². The smallest absolute Gasteiger partial charge is 0.161 e. The molecule has 27 heavy (non-hydrogen) atoms. The summed E-state index contributed by atoms with van der Waals surface area (Å²) in [5.74, 6) is 0.877. The molecule has 148 valence electrons. The van der Waals surface area contributed by atoms with Crippen LogP contribution >= 0.6 is 11.6 Å². The van der Waals surface area contributed by atoms with Crippen molar-refractivity contribution in [2.45, 2.75) is 52.7 Å². The fourth-order valence-electron chi connectivity index (χ4n) is 2.78. The summed E-state index contributed by atoms with van der Waals surface area (Å²) in [6.07, 6.45) is 4.99. The molecule has 2 rings (SSSR count). The highest BCUT2D eigenvalue weighted by molar-refractivity contribution is 6.31. The van der Waals surface area contributed by atoms with E-state index in [1.165, 1.54) is 31.7 Å². The highest BCUT2D eigenvalue weighted by atomic mass is 35.5. The van der Waals surface area contributed by atoms with Crippen molar-refractivity contribution in [1.29, 1.82) is 0 Å². The molecule has 0 spiro atoms. The third-order valence-electron chi connectivity index (χ3n) is 4.28. The molecule has 0 atom stereocenters. The summed E-state index contributed by atoms with van der Waals surface area (Å²) in [4.78, 5) is 0. The number of benzene rings is 2. The third kappa shape index (κ3) is 7.04. The molecule has 3 nitrogen and oxygen atoms in total. The molecule has 2 aromatic rings. The Labute approximate surface area is 166 Å². The summed E-state index contributed by atoms with van der Waals surface area (Å²) < 4.78 is 25.4. The quantitative estimate of drug-likeness (QED) is 0.440. The van der Waals surface area contributed by atoms with Crippen molar-refractivity contribution in [2.24, 2.45) is 0 Å². The lowest BCUT2D eigenvalue weighted by Crippen LogP contribution is -2.14. The molecule has 0 heterocycles. The molecule has 0 saturated carbocycles. The first kappa shape index (κ1) is 21.5. The lowest BCUT2D eigenvalue weighted by Gasteiger charge is -2.14. The lowest BCUT2D eigenvalue weighted by atomic mass is 10.1. The molecule has 0 unspecified atom stereocenters. The van der Waals surface area contributed by atoms with Crippen molar-refractivity contribution < 1.29 is 13.9 Å². The molecule has 0 aliphatic rings. The van der Waals surface area contributed by atoms with Crippen LogP contribution in [0, 0.1) is 5.82 Å². The molecular weight excluding hydrogens is 365 g/mol. The second-order valence-corrected chi connectivity index (χ2v) is 6.85. The normalized spacial score (nSPS) is 10.8. The molecule has 0 aliphatic carbocycles. The van der Waals surface area contributed by atoms with Gasteiger partial charge in [0.25, 0.3) is 0 Å². The number of unbranched alkanes of at least 4 members (excludes halogenated alkanes) is 3. The Morgan fingerprint density at radius 3 is 2.59 bits per heavy atom. The van der Waals surface area contributed by atoms with Gasteiger partial charge in [-0.15, -0.1) is 0 Å². The van der Waals surface area contributed by atoms with E-state index in [0.717, 1.165) is 18.7 Å². The summed E-state index contributed by atoms with van der Waals surface area (Å²) in [6.45, 7) is 6.52. The minimum atomic E-state index is -0.371. The molecule has 1 N–H and O–H groups in total. The Morgan fingerprint density at radius 2 is 1.85 bits per heavy atom. The number of ether oxygens (including phenoxy) is 2. The summed E-state index contributed by atoms with van der Waals surface area (Å²) in [5, 5.41) is 3.82. The molecule has 0 radical (unpaired) electrons. The van der Waals surface area contributed by atoms with Crippen LogP contribution in [0.4, 0.5) is 4.39 Å². The van der Waals surface area contributed by atoms with E-state index < -0.39 is 0 Å². The summed E-state index contributed by atoms with van der Waals surface area (Å²) >= 11 is 6.07. The van der Waals surface area contributed by atoms with Gasteiger partial charge in [0.05, 0.1) is 11.6 Å². The van der Waals surface area contributed by atoms with Gasteiger partial charge in [-0.3, -0.25) is 0 Å². The maximum Gasteiger partial charge on any atom is 0.161 e. The zero-order chi connectivity index (χ0) is 19.5. The van der Waals surface area contributed by atoms with E-state index in [1.807, 2.05) is 25.1 Å². The van der Waals surface area contributed by atoms with Crippen molar-refractivity contribution in [3.63, 3.8) is 0 Å². The SMILES string of the molecule is CCCCCCNCc1ccc(OCc2c(F)cccc2Cl)c(OCC)c1. The van der Waals surface area contributed by atoms with E-state index in [0.29, 0.717) is 28.7 Å². The number of hydrogen-bond donors (Lipinski definition) is 1. The average Bonchev–Trinajstić information content (AvgIpc) is 2.66. The highest BCUT2D eigenvalue weighted by Gasteiger charge is 2.11. The first-order valence-electron chi connectivity index (χ1n) is 9.67. The summed E-state index contributed by atoms with van der Waals surface area (Å²) in [6, 6.07) is 10.5. The van der Waals surface area contributed by atoms with Crippen molar-refractivity contribution in [3.8, 4) is 11.5 Å². The van der Waals surface area contributed by atoms with Crippen LogP contribution in [0.5, 0.6) is 11.5 Å². The Balaban J connectivity index is 1.96. The molecule has 5 heteroatoms. The number of nitrogens with one attached hydrogen (secondary N) is 1. The van der Waals surface area contributed by atoms with Crippen LogP contribution < -0.4 is 14.8 Å². The average molecular weight is 394 g/mol. The zero-order valence-corrected chi connectivity index (χ0v) is 16.9. The molecule has 2 aromatic carbocycles. The van der Waals surface area contributed by atoms with Crippen molar-refractivity contribution in [3.05, 3.63) is 58.4 Å². The van der Waals surface area contributed by atoms with Gasteiger partial charge in [0.1, 0.15) is 12.4 Å². The second-order valence-electron chi connectivity index (χ2n) is 6.44. The molecule has 0 aromatic heterocycles. The minimum Gasteiger partial charge on any atom is -0.490 e. The standard InChI is InChI=1S/C22H29ClFNO2/c1-3-5-6-7-13-25-15-17-11-12-21(22(14-17)26-4-2)27-16-18-19(23)9-8-10-20(18)24/h8-12,14,25H,3-7,13,15-16H2,1-2H3. The van der Waals surface area contributed by atoms with Gasteiger partial charge in [-0.1, -0.05) is 49.9 Å². The molecule has 0 fully saturated rings. The minimum absolute atomic E-state index is 0.0562. The molecule has 0 amide bonds. The monoisotopic (exact) mass is 393 g/mol. The fraction of sp³-hybridized carbons (Fsp3) is 0.455. The van der Waals surface area contributed by atoms with Gasteiger partial charge in [-0.2, -0.15) is 0 Å². The number of hydrogen-bond acceptors (Lipinski definition) is 3. The van der Waals surface area contributed by atoms with Crippen molar-refractivity contribution >= 4 is 11.6 Å². The van der Waals surface area contributed by atoms with Gasteiger partial charge in [-0.25, -0.2) is 4.39 Å². The maximum absolute atomic E-state index is 13.9. The highest BCUT2D eigenvalue weighted by Crippen LogP contribution is 2.30. The van der Waals surface area contributed by atoms with Gasteiger partial charge in [0.2, 0.25) is 0 Å². The van der Waals surface area contributed by atoms with E-state index >= 15 is 0 Å². The number of halogens is 2. The van der Waals surface area contributed by atoms with Gasteiger partial charge in [0, 0.05) is 12.1 Å². The van der Waals surface area contributed by atoms with E-state index in [9.17, 15) is 4.39 Å². The predicted octanol–water partition coefficient (Wildman–Crippen LogP) is 6.13. The third-order valence-corrected chi connectivity index (χ3v) is 4.63. The van der Waals surface area contributed by atoms with Gasteiger partial charge in [-0.05, 0) is 49.7 Å². The first-order valence-corrected chi connectivity index (χ1v) is 10.1. The van der Waals surface area contributed by atoms with Crippen molar-refractivity contribution in [2.75, 3.05) is 13.2 Å². The van der Waals surface area contributed by atoms with E-state index in [4.69, 9.17) is 21.1 Å². The van der Waals surface area contributed by atoms with Crippen molar-refractivity contribution in [1.82, 2.24) is 5.32 Å². The first-order chi connectivity index (χ1) is 13.2. The number of rotatable bonds is 12. The zero-order valence-electron chi connectivity index (χ0n) is 16.2. The molecule has 0 bridgehead atoms. The van der Waals surface area contributed by atoms with Crippen LogP contribution in [-0.2, 0) is 13.2 Å². The van der Waals surface area contributed by atoms with Crippen LogP contribution in [0.2, 0.25) is 5.02 Å².